The molecule has 2 heterocycles. The Morgan fingerprint density at radius 1 is 1.42 bits per heavy atom. The first-order chi connectivity index (χ1) is 12.8. The Morgan fingerprint density at radius 2 is 2.19 bits per heavy atom. The summed E-state index contributed by atoms with van der Waals surface area (Å²) in [6.45, 7) is 2.91. The smallest absolute Gasteiger partial charge is 0.290 e. The number of hydrogen-bond acceptors (Lipinski definition) is 8. The van der Waals surface area contributed by atoms with Crippen LogP contribution in [0.15, 0.2) is 34.7 Å². The van der Waals surface area contributed by atoms with E-state index >= 15 is 0 Å². The predicted molar refractivity (Wildman–Crippen MR) is 97.8 cm³/mol. The van der Waals surface area contributed by atoms with E-state index in [0.717, 1.165) is 23.8 Å². The molecule has 1 aliphatic heterocycles. The van der Waals surface area contributed by atoms with Crippen molar-refractivity contribution in [1.29, 1.82) is 5.26 Å². The number of thiazole rings is 1. The molecule has 0 aliphatic carbocycles. The van der Waals surface area contributed by atoms with Gasteiger partial charge in [0.25, 0.3) is 5.91 Å². The second-order valence-electron chi connectivity index (χ2n) is 5.33. The minimum Gasteiger partial charge on any atom is -0.479 e. The molecule has 1 aromatic heterocycles. The Balaban J connectivity index is 1.52. The van der Waals surface area contributed by atoms with Crippen LogP contribution >= 0.6 is 11.3 Å². The Labute approximate surface area is 154 Å². The monoisotopic (exact) mass is 371 g/mol. The largest absolute Gasteiger partial charge is 0.479 e. The van der Waals surface area contributed by atoms with Crippen LogP contribution in [0.5, 0.6) is 5.75 Å². The van der Waals surface area contributed by atoms with Crippen LogP contribution in [-0.4, -0.2) is 50.0 Å². The number of aromatic nitrogens is 1. The summed E-state index contributed by atoms with van der Waals surface area (Å²) >= 11 is 1.43. The van der Waals surface area contributed by atoms with Gasteiger partial charge in [-0.05, 0) is 29.8 Å². The second kappa shape index (κ2) is 8.94. The highest BCUT2D eigenvalue weighted by molar-refractivity contribution is 7.13. The number of carbonyl (C=O) groups excluding carboxylic acids is 1. The molecular formula is C17H17N5O3S. The molecule has 8 nitrogen and oxygen atoms in total. The first kappa shape index (κ1) is 17.8. The van der Waals surface area contributed by atoms with Gasteiger partial charge in [0.15, 0.2) is 11.7 Å². The fourth-order valence-corrected chi connectivity index (χ4v) is 3.12. The van der Waals surface area contributed by atoms with Crippen LogP contribution in [0.25, 0.3) is 0 Å². The van der Waals surface area contributed by atoms with Crippen LogP contribution in [0.3, 0.4) is 0 Å². The molecule has 0 bridgehead atoms. The third-order valence-corrected chi connectivity index (χ3v) is 4.47. The summed E-state index contributed by atoms with van der Waals surface area (Å²) in [5.41, 5.74) is 3.60. The van der Waals surface area contributed by atoms with Crippen molar-refractivity contribution in [2.24, 2.45) is 5.10 Å². The molecule has 2 aromatic rings. The zero-order valence-corrected chi connectivity index (χ0v) is 14.7. The number of benzene rings is 1. The SMILES string of the molecule is N#CCOc1ccc(/C=N\NC(=O)c2csc(N3CCOCC3)n2)cc1. The van der Waals surface area contributed by atoms with Gasteiger partial charge >= 0.3 is 0 Å². The summed E-state index contributed by atoms with van der Waals surface area (Å²) in [5.74, 6) is 0.247. The van der Waals surface area contributed by atoms with E-state index in [4.69, 9.17) is 14.7 Å². The lowest BCUT2D eigenvalue weighted by molar-refractivity contribution is 0.0951. The van der Waals surface area contributed by atoms with Gasteiger partial charge in [-0.25, -0.2) is 10.4 Å². The number of nitrogens with zero attached hydrogens (tertiary/aromatic N) is 4. The third-order valence-electron chi connectivity index (χ3n) is 3.57. The molecule has 0 radical (unpaired) electrons. The molecule has 134 valence electrons. The summed E-state index contributed by atoms with van der Waals surface area (Å²) in [5, 5.41) is 15.0. The quantitative estimate of drug-likeness (QED) is 0.612. The molecule has 3 rings (SSSR count). The normalized spacial score (nSPS) is 14.2. The maximum Gasteiger partial charge on any atom is 0.290 e. The van der Waals surface area contributed by atoms with Gasteiger partial charge in [-0.3, -0.25) is 4.79 Å². The Kier molecular flexibility index (Phi) is 6.14. The van der Waals surface area contributed by atoms with Crippen molar-refractivity contribution in [2.45, 2.75) is 0 Å². The average molecular weight is 371 g/mol. The zero-order chi connectivity index (χ0) is 18.2. The highest BCUT2D eigenvalue weighted by Crippen LogP contribution is 2.21. The molecule has 1 N–H and O–H groups in total. The van der Waals surface area contributed by atoms with Crippen LogP contribution in [-0.2, 0) is 4.74 Å². The number of anilines is 1. The van der Waals surface area contributed by atoms with Gasteiger partial charge in [-0.1, -0.05) is 0 Å². The number of nitriles is 1. The van der Waals surface area contributed by atoms with Gasteiger partial charge in [0.05, 0.1) is 19.4 Å². The van der Waals surface area contributed by atoms with Crippen LogP contribution in [0.4, 0.5) is 5.13 Å². The van der Waals surface area contributed by atoms with Crippen LogP contribution < -0.4 is 15.1 Å². The topological polar surface area (TPSA) is 99.8 Å². The van der Waals surface area contributed by atoms with Crippen molar-refractivity contribution in [1.82, 2.24) is 10.4 Å². The molecule has 9 heteroatoms. The van der Waals surface area contributed by atoms with Crippen molar-refractivity contribution < 1.29 is 14.3 Å². The average Bonchev–Trinajstić information content (AvgIpc) is 3.18. The first-order valence-electron chi connectivity index (χ1n) is 7.98. The number of hydrazone groups is 1. The molecule has 1 fully saturated rings. The lowest BCUT2D eigenvalue weighted by Crippen LogP contribution is -2.36. The van der Waals surface area contributed by atoms with Crippen LogP contribution in [0, 0.1) is 11.3 Å². The molecule has 1 aliphatic rings. The van der Waals surface area contributed by atoms with Gasteiger partial charge in [0, 0.05) is 18.5 Å². The summed E-state index contributed by atoms with van der Waals surface area (Å²) in [4.78, 5) is 18.6. The van der Waals surface area contributed by atoms with Gasteiger partial charge in [0.1, 0.15) is 17.5 Å². The van der Waals surface area contributed by atoms with Gasteiger partial charge in [-0.15, -0.1) is 11.3 Å². The van der Waals surface area contributed by atoms with E-state index in [1.54, 1.807) is 29.6 Å². The molecular weight excluding hydrogens is 354 g/mol. The Hall–Kier alpha value is -2.96. The van der Waals surface area contributed by atoms with Crippen molar-refractivity contribution in [3.05, 3.63) is 40.9 Å². The first-order valence-corrected chi connectivity index (χ1v) is 8.85. The summed E-state index contributed by atoms with van der Waals surface area (Å²) in [7, 11) is 0. The lowest BCUT2D eigenvalue weighted by Gasteiger charge is -2.25. The van der Waals surface area contributed by atoms with Crippen molar-refractivity contribution in [3.63, 3.8) is 0 Å². The molecule has 0 unspecified atom stereocenters. The van der Waals surface area contributed by atoms with Gasteiger partial charge in [-0.2, -0.15) is 10.4 Å². The van der Waals surface area contributed by atoms with E-state index in [9.17, 15) is 4.79 Å². The van der Waals surface area contributed by atoms with E-state index in [0.29, 0.717) is 24.7 Å². The van der Waals surface area contributed by atoms with E-state index in [1.165, 1.54) is 17.6 Å². The summed E-state index contributed by atoms with van der Waals surface area (Å²) in [6.07, 6.45) is 1.53. The molecule has 26 heavy (non-hydrogen) atoms. The molecule has 1 amide bonds. The molecule has 0 spiro atoms. The number of carbonyl (C=O) groups is 1. The predicted octanol–water partition coefficient (Wildman–Crippen LogP) is 1.65. The maximum atomic E-state index is 12.1. The molecule has 1 aromatic carbocycles. The third kappa shape index (κ3) is 4.78. The Morgan fingerprint density at radius 3 is 2.92 bits per heavy atom. The van der Waals surface area contributed by atoms with Crippen LogP contribution in [0.2, 0.25) is 0 Å². The fourth-order valence-electron chi connectivity index (χ4n) is 2.26. The van der Waals surface area contributed by atoms with E-state index in [2.05, 4.69) is 20.4 Å². The van der Waals surface area contributed by atoms with E-state index in [1.807, 2.05) is 6.07 Å². The number of hydrogen-bond donors (Lipinski definition) is 1. The molecule has 1 saturated heterocycles. The summed E-state index contributed by atoms with van der Waals surface area (Å²) in [6, 6.07) is 8.93. The Bertz CT molecular complexity index is 807. The molecule has 0 saturated carbocycles. The number of nitrogens with one attached hydrogen (secondary N) is 1. The minimum absolute atomic E-state index is 0.00355. The number of rotatable bonds is 6. The van der Waals surface area contributed by atoms with Crippen molar-refractivity contribution >= 4 is 28.6 Å². The fraction of sp³-hybridized carbons (Fsp3) is 0.294. The lowest BCUT2D eigenvalue weighted by atomic mass is 10.2. The number of ether oxygens (including phenoxy) is 2. The van der Waals surface area contributed by atoms with E-state index < -0.39 is 0 Å². The minimum atomic E-state index is -0.356. The van der Waals surface area contributed by atoms with Gasteiger partial charge < -0.3 is 14.4 Å². The highest BCUT2D eigenvalue weighted by Gasteiger charge is 2.17. The van der Waals surface area contributed by atoms with E-state index in [-0.39, 0.29) is 12.5 Å². The number of morpholine rings is 1. The maximum absolute atomic E-state index is 12.1. The standard InChI is InChI=1S/C17H17N5O3S/c18-5-8-25-14-3-1-13(2-4-14)11-19-21-16(23)15-12-26-17(20-15)22-6-9-24-10-7-22/h1-4,11-12H,6-10H2,(H,21,23)/b19-11-. The molecule has 0 atom stereocenters. The highest BCUT2D eigenvalue weighted by atomic mass is 32.1. The van der Waals surface area contributed by atoms with Crippen molar-refractivity contribution in [2.75, 3.05) is 37.8 Å². The zero-order valence-electron chi connectivity index (χ0n) is 13.9. The second-order valence-corrected chi connectivity index (χ2v) is 6.17. The van der Waals surface area contributed by atoms with Gasteiger partial charge in [0.2, 0.25) is 0 Å². The van der Waals surface area contributed by atoms with Crippen molar-refractivity contribution in [3.8, 4) is 11.8 Å². The summed E-state index contributed by atoms with van der Waals surface area (Å²) < 4.78 is 10.5. The number of amides is 1. The van der Waals surface area contributed by atoms with Crippen LogP contribution in [0.1, 0.15) is 16.1 Å².